The van der Waals surface area contributed by atoms with Gasteiger partial charge in [-0.1, -0.05) is 11.8 Å². The Morgan fingerprint density at radius 3 is 2.77 bits per heavy atom. The van der Waals surface area contributed by atoms with E-state index in [0.29, 0.717) is 16.4 Å². The molecule has 0 saturated heterocycles. The third-order valence-corrected chi connectivity index (χ3v) is 4.54. The van der Waals surface area contributed by atoms with Crippen LogP contribution < -0.4 is 9.47 Å². The number of fused-ring (bicyclic) bond motifs is 1. The van der Waals surface area contributed by atoms with Gasteiger partial charge in [-0.25, -0.2) is 4.98 Å². The van der Waals surface area contributed by atoms with Crippen molar-refractivity contribution >= 4 is 22.8 Å². The molecule has 0 unspecified atom stereocenters. The molecule has 0 aliphatic rings. The van der Waals surface area contributed by atoms with E-state index in [2.05, 4.69) is 15.0 Å². The van der Waals surface area contributed by atoms with Crippen molar-refractivity contribution < 1.29 is 22.6 Å². The minimum absolute atomic E-state index is 0.128. The summed E-state index contributed by atoms with van der Waals surface area (Å²) < 4.78 is 46.8. The van der Waals surface area contributed by atoms with Gasteiger partial charge in [0.25, 0.3) is 0 Å². The fourth-order valence-electron chi connectivity index (χ4n) is 2.35. The monoisotopic (exact) mass is 383 g/mol. The van der Waals surface area contributed by atoms with Crippen LogP contribution in [0.2, 0.25) is 0 Å². The molecule has 3 rings (SSSR count). The second-order valence-electron chi connectivity index (χ2n) is 5.50. The van der Waals surface area contributed by atoms with Crippen LogP contribution in [0.4, 0.5) is 13.2 Å². The minimum atomic E-state index is -4.37. The van der Waals surface area contributed by atoms with Crippen LogP contribution in [-0.4, -0.2) is 34.8 Å². The van der Waals surface area contributed by atoms with Crippen molar-refractivity contribution in [1.82, 2.24) is 15.0 Å². The Kier molecular flexibility index (Phi) is 5.26. The standard InChI is InChI=1S/C17H16F3N3O2S/c1-10-14(21-6-5-15(10)24-2)8-26-16-22-12-4-3-11(7-13(12)23-16)25-9-17(18,19)20/h3-7H,8-9H2,1-2H3,(H,22,23). The van der Waals surface area contributed by atoms with Gasteiger partial charge in [0.15, 0.2) is 11.8 Å². The summed E-state index contributed by atoms with van der Waals surface area (Å²) in [7, 11) is 1.61. The van der Waals surface area contributed by atoms with Crippen LogP contribution in [-0.2, 0) is 5.75 Å². The number of imidazole rings is 1. The van der Waals surface area contributed by atoms with Gasteiger partial charge in [0.2, 0.25) is 0 Å². The quantitative estimate of drug-likeness (QED) is 0.635. The lowest BCUT2D eigenvalue weighted by molar-refractivity contribution is -0.153. The maximum absolute atomic E-state index is 12.2. The molecule has 1 N–H and O–H groups in total. The zero-order valence-corrected chi connectivity index (χ0v) is 14.9. The SMILES string of the molecule is COc1ccnc(CSc2nc3cc(OCC(F)(F)F)ccc3[nH]2)c1C. The van der Waals surface area contributed by atoms with Crippen LogP contribution >= 0.6 is 11.8 Å². The fraction of sp³-hybridized carbons (Fsp3) is 0.294. The van der Waals surface area contributed by atoms with Gasteiger partial charge in [0.1, 0.15) is 11.5 Å². The zero-order chi connectivity index (χ0) is 18.7. The molecule has 0 bridgehead atoms. The van der Waals surface area contributed by atoms with Crippen LogP contribution in [0.1, 0.15) is 11.3 Å². The minimum Gasteiger partial charge on any atom is -0.496 e. The van der Waals surface area contributed by atoms with Crippen molar-refractivity contribution in [1.29, 1.82) is 0 Å². The number of nitrogens with zero attached hydrogens (tertiary/aromatic N) is 2. The van der Waals surface area contributed by atoms with Crippen molar-refractivity contribution in [2.24, 2.45) is 0 Å². The van der Waals surface area contributed by atoms with Crippen molar-refractivity contribution in [3.63, 3.8) is 0 Å². The van der Waals surface area contributed by atoms with E-state index >= 15 is 0 Å². The van der Waals surface area contributed by atoms with Crippen molar-refractivity contribution in [2.45, 2.75) is 24.0 Å². The average molecular weight is 383 g/mol. The number of rotatable bonds is 6. The number of ether oxygens (including phenoxy) is 2. The Labute approximate surface area is 151 Å². The van der Waals surface area contributed by atoms with Crippen LogP contribution in [0, 0.1) is 6.92 Å². The molecule has 138 valence electrons. The molecule has 26 heavy (non-hydrogen) atoms. The van der Waals surface area contributed by atoms with Gasteiger partial charge < -0.3 is 14.5 Å². The molecule has 3 aromatic rings. The van der Waals surface area contributed by atoms with Gasteiger partial charge in [-0.05, 0) is 25.1 Å². The van der Waals surface area contributed by atoms with Crippen LogP contribution in [0.25, 0.3) is 11.0 Å². The van der Waals surface area contributed by atoms with E-state index < -0.39 is 12.8 Å². The van der Waals surface area contributed by atoms with Gasteiger partial charge >= 0.3 is 6.18 Å². The summed E-state index contributed by atoms with van der Waals surface area (Å²) in [5, 5.41) is 0.650. The molecule has 0 atom stereocenters. The van der Waals surface area contributed by atoms with E-state index in [9.17, 15) is 13.2 Å². The number of thioether (sulfide) groups is 1. The number of pyridine rings is 1. The van der Waals surface area contributed by atoms with Crippen molar-refractivity contribution in [2.75, 3.05) is 13.7 Å². The maximum atomic E-state index is 12.2. The van der Waals surface area contributed by atoms with Crippen molar-refractivity contribution in [3.05, 3.63) is 41.7 Å². The van der Waals surface area contributed by atoms with E-state index in [4.69, 9.17) is 9.47 Å². The third-order valence-electron chi connectivity index (χ3n) is 3.66. The number of benzene rings is 1. The van der Waals surface area contributed by atoms with E-state index in [1.54, 1.807) is 25.4 Å². The Balaban J connectivity index is 1.71. The van der Waals surface area contributed by atoms with Crippen LogP contribution in [0.15, 0.2) is 35.6 Å². The van der Waals surface area contributed by atoms with Gasteiger partial charge in [-0.3, -0.25) is 4.98 Å². The van der Waals surface area contributed by atoms with Crippen molar-refractivity contribution in [3.8, 4) is 11.5 Å². The molecule has 5 nitrogen and oxygen atoms in total. The molecule has 0 fully saturated rings. The Morgan fingerprint density at radius 1 is 1.23 bits per heavy atom. The normalized spacial score (nSPS) is 11.7. The summed E-state index contributed by atoms with van der Waals surface area (Å²) in [6.07, 6.45) is -2.69. The zero-order valence-electron chi connectivity index (χ0n) is 14.1. The van der Waals surface area contributed by atoms with Gasteiger partial charge in [-0.2, -0.15) is 13.2 Å². The Hall–Kier alpha value is -2.42. The van der Waals surface area contributed by atoms with Crippen LogP contribution in [0.3, 0.4) is 0 Å². The highest BCUT2D eigenvalue weighted by atomic mass is 32.2. The summed E-state index contributed by atoms with van der Waals surface area (Å²) in [4.78, 5) is 11.9. The number of aromatic amines is 1. The highest BCUT2D eigenvalue weighted by molar-refractivity contribution is 7.98. The predicted octanol–water partition coefficient (Wildman–Crippen LogP) is 4.51. The molecule has 1 aromatic carbocycles. The number of methoxy groups -OCH3 is 1. The second-order valence-corrected chi connectivity index (χ2v) is 6.46. The lowest BCUT2D eigenvalue weighted by atomic mass is 10.2. The molecule has 0 aliphatic carbocycles. The molecular formula is C17H16F3N3O2S. The number of H-pyrrole nitrogens is 1. The average Bonchev–Trinajstić information content (AvgIpc) is 3.00. The predicted molar refractivity (Wildman–Crippen MR) is 92.7 cm³/mol. The first-order valence-corrected chi connectivity index (χ1v) is 8.65. The molecule has 0 aliphatic heterocycles. The topological polar surface area (TPSA) is 60.0 Å². The summed E-state index contributed by atoms with van der Waals surface area (Å²) in [5.41, 5.74) is 3.11. The molecule has 2 heterocycles. The Morgan fingerprint density at radius 2 is 2.04 bits per heavy atom. The largest absolute Gasteiger partial charge is 0.496 e. The lowest BCUT2D eigenvalue weighted by Gasteiger charge is -2.08. The second kappa shape index (κ2) is 7.45. The number of nitrogens with one attached hydrogen (secondary N) is 1. The first kappa shape index (κ1) is 18.4. The fourth-order valence-corrected chi connectivity index (χ4v) is 3.26. The summed E-state index contributed by atoms with van der Waals surface area (Å²) in [6.45, 7) is 0.607. The number of hydrogen-bond acceptors (Lipinski definition) is 5. The number of halogens is 3. The highest BCUT2D eigenvalue weighted by Gasteiger charge is 2.28. The highest BCUT2D eigenvalue weighted by Crippen LogP contribution is 2.28. The number of hydrogen-bond donors (Lipinski definition) is 1. The molecule has 9 heteroatoms. The van der Waals surface area contributed by atoms with E-state index in [0.717, 1.165) is 22.5 Å². The first-order chi connectivity index (χ1) is 12.4. The molecule has 2 aromatic heterocycles. The van der Waals surface area contributed by atoms with E-state index in [1.807, 2.05) is 6.92 Å². The lowest BCUT2D eigenvalue weighted by Crippen LogP contribution is -2.19. The number of alkyl halides is 3. The first-order valence-electron chi connectivity index (χ1n) is 7.66. The summed E-state index contributed by atoms with van der Waals surface area (Å²) >= 11 is 1.45. The third kappa shape index (κ3) is 4.40. The van der Waals surface area contributed by atoms with Gasteiger partial charge in [0, 0.05) is 23.6 Å². The molecular weight excluding hydrogens is 367 g/mol. The van der Waals surface area contributed by atoms with Crippen LogP contribution in [0.5, 0.6) is 11.5 Å². The Bertz CT molecular complexity index is 912. The van der Waals surface area contributed by atoms with E-state index in [1.165, 1.54) is 23.9 Å². The van der Waals surface area contributed by atoms with E-state index in [-0.39, 0.29) is 5.75 Å². The summed E-state index contributed by atoms with van der Waals surface area (Å²) in [6, 6.07) is 6.41. The molecule has 0 spiro atoms. The number of aromatic nitrogens is 3. The van der Waals surface area contributed by atoms with Gasteiger partial charge in [0.05, 0.1) is 23.8 Å². The smallest absolute Gasteiger partial charge is 0.422 e. The maximum Gasteiger partial charge on any atom is 0.422 e. The molecule has 0 amide bonds. The molecule has 0 saturated carbocycles. The molecule has 0 radical (unpaired) electrons. The van der Waals surface area contributed by atoms with Gasteiger partial charge in [-0.15, -0.1) is 0 Å². The summed E-state index contributed by atoms with van der Waals surface area (Å²) in [5.74, 6) is 1.48.